The van der Waals surface area contributed by atoms with Crippen molar-refractivity contribution in [2.75, 3.05) is 12.0 Å². The Labute approximate surface area is 163 Å². The molecular weight excluding hydrogens is 380 g/mol. The Kier molecular flexibility index (Phi) is 4.40. The number of hydrogen-bond donors (Lipinski definition) is 0. The van der Waals surface area contributed by atoms with Gasteiger partial charge in [0.05, 0.1) is 28.8 Å². The van der Waals surface area contributed by atoms with E-state index >= 15 is 0 Å². The van der Waals surface area contributed by atoms with E-state index in [0.29, 0.717) is 27.4 Å². The third-order valence-corrected chi connectivity index (χ3v) is 5.25. The highest BCUT2D eigenvalue weighted by atomic mass is 32.2. The molecule has 0 radical (unpaired) electrons. The van der Waals surface area contributed by atoms with E-state index in [2.05, 4.69) is 9.73 Å². The molecular formula is C20H12N2O5S. The first-order valence-corrected chi connectivity index (χ1v) is 9.00. The van der Waals surface area contributed by atoms with Gasteiger partial charge in [-0.1, -0.05) is 36.0 Å². The molecule has 4 rings (SSSR count). The van der Waals surface area contributed by atoms with Crippen LogP contribution in [0.15, 0.2) is 64.5 Å². The van der Waals surface area contributed by atoms with Crippen LogP contribution in [-0.4, -0.2) is 35.8 Å². The molecule has 28 heavy (non-hydrogen) atoms. The minimum absolute atomic E-state index is 0.146. The molecule has 0 aromatic heterocycles. The van der Waals surface area contributed by atoms with Gasteiger partial charge in [0.2, 0.25) is 0 Å². The number of aliphatic imine (C=N–C) groups is 1. The second kappa shape index (κ2) is 6.90. The fraction of sp³-hybridized carbons (Fsp3) is 0.0500. The van der Waals surface area contributed by atoms with Crippen molar-refractivity contribution in [2.24, 2.45) is 4.99 Å². The monoisotopic (exact) mass is 392 g/mol. The van der Waals surface area contributed by atoms with Gasteiger partial charge in [-0.3, -0.25) is 14.4 Å². The molecule has 0 saturated heterocycles. The maximum absolute atomic E-state index is 12.7. The number of anilines is 1. The average molecular weight is 392 g/mol. The lowest BCUT2D eigenvalue weighted by atomic mass is 10.1. The van der Waals surface area contributed by atoms with E-state index in [4.69, 9.17) is 0 Å². The van der Waals surface area contributed by atoms with E-state index in [9.17, 15) is 19.2 Å². The Bertz CT molecular complexity index is 1080. The summed E-state index contributed by atoms with van der Waals surface area (Å²) in [5, 5.41) is 0.374. The quantitative estimate of drug-likeness (QED) is 0.453. The Morgan fingerprint density at radius 2 is 1.71 bits per heavy atom. The van der Waals surface area contributed by atoms with Crippen LogP contribution in [0.5, 0.6) is 0 Å². The van der Waals surface area contributed by atoms with Crippen LogP contribution in [0, 0.1) is 0 Å². The number of esters is 1. The fourth-order valence-electron chi connectivity index (χ4n) is 2.90. The van der Waals surface area contributed by atoms with Crippen LogP contribution in [0.4, 0.5) is 5.69 Å². The SMILES string of the molecule is COC(=O)/C=C1\SC(c2cccc(N3C(=O)c4ccccc4C3=O)c2)=NC1=O. The number of nitrogens with zero attached hydrogens (tertiary/aromatic N) is 2. The van der Waals surface area contributed by atoms with Crippen LogP contribution >= 0.6 is 11.8 Å². The Hall–Kier alpha value is -3.52. The smallest absolute Gasteiger partial charge is 0.331 e. The number of rotatable bonds is 3. The van der Waals surface area contributed by atoms with Crippen molar-refractivity contribution in [3.8, 4) is 0 Å². The van der Waals surface area contributed by atoms with Crippen LogP contribution in [0.25, 0.3) is 0 Å². The average Bonchev–Trinajstić information content (AvgIpc) is 3.20. The summed E-state index contributed by atoms with van der Waals surface area (Å²) < 4.78 is 4.53. The largest absolute Gasteiger partial charge is 0.466 e. The normalized spacial score (nSPS) is 17.2. The molecule has 0 aliphatic carbocycles. The Balaban J connectivity index is 1.66. The molecule has 0 atom stereocenters. The number of thioether (sulfide) groups is 1. The molecule has 2 aromatic carbocycles. The number of hydrogen-bond acceptors (Lipinski definition) is 6. The van der Waals surface area contributed by atoms with Gasteiger partial charge >= 0.3 is 5.97 Å². The Morgan fingerprint density at radius 1 is 1.04 bits per heavy atom. The first kappa shape index (κ1) is 17.9. The molecule has 2 aliphatic rings. The molecule has 2 aromatic rings. The van der Waals surface area contributed by atoms with Gasteiger partial charge in [0, 0.05) is 11.6 Å². The van der Waals surface area contributed by atoms with Gasteiger partial charge in [-0.05, 0) is 24.3 Å². The molecule has 0 spiro atoms. The molecule has 138 valence electrons. The number of fused-ring (bicyclic) bond motifs is 1. The second-order valence-electron chi connectivity index (χ2n) is 5.90. The third-order valence-electron chi connectivity index (χ3n) is 4.22. The minimum Gasteiger partial charge on any atom is -0.466 e. The molecule has 2 aliphatic heterocycles. The first-order valence-electron chi connectivity index (χ1n) is 8.18. The third kappa shape index (κ3) is 2.93. The van der Waals surface area contributed by atoms with Crippen LogP contribution in [0.2, 0.25) is 0 Å². The lowest BCUT2D eigenvalue weighted by molar-refractivity contribution is -0.135. The highest BCUT2D eigenvalue weighted by Crippen LogP contribution is 2.33. The highest BCUT2D eigenvalue weighted by Gasteiger charge is 2.36. The number of imide groups is 1. The zero-order valence-electron chi connectivity index (χ0n) is 14.5. The van der Waals surface area contributed by atoms with Crippen molar-refractivity contribution >= 4 is 46.2 Å². The van der Waals surface area contributed by atoms with Crippen LogP contribution in [-0.2, 0) is 14.3 Å². The van der Waals surface area contributed by atoms with Crippen LogP contribution in [0.1, 0.15) is 26.3 Å². The molecule has 7 nitrogen and oxygen atoms in total. The number of methoxy groups -OCH3 is 1. The van der Waals surface area contributed by atoms with E-state index in [1.807, 2.05) is 0 Å². The van der Waals surface area contributed by atoms with E-state index in [1.165, 1.54) is 7.11 Å². The van der Waals surface area contributed by atoms with Gasteiger partial charge in [-0.25, -0.2) is 14.7 Å². The maximum Gasteiger partial charge on any atom is 0.331 e. The number of benzene rings is 2. The number of ether oxygens (including phenoxy) is 1. The molecule has 0 unspecified atom stereocenters. The predicted molar refractivity (Wildman–Crippen MR) is 103 cm³/mol. The van der Waals surface area contributed by atoms with Crippen molar-refractivity contribution < 1.29 is 23.9 Å². The van der Waals surface area contributed by atoms with Crippen LogP contribution in [0.3, 0.4) is 0 Å². The van der Waals surface area contributed by atoms with Gasteiger partial charge in [-0.15, -0.1) is 0 Å². The summed E-state index contributed by atoms with van der Waals surface area (Å²) in [6.45, 7) is 0. The minimum atomic E-state index is -0.646. The summed E-state index contributed by atoms with van der Waals surface area (Å²) in [6.07, 6.45) is 1.08. The fourth-order valence-corrected chi connectivity index (χ4v) is 3.77. The summed E-state index contributed by atoms with van der Waals surface area (Å²) in [7, 11) is 1.22. The lowest BCUT2D eigenvalue weighted by Crippen LogP contribution is -2.29. The molecule has 3 amide bonds. The molecule has 0 saturated carbocycles. The summed E-state index contributed by atoms with van der Waals surface area (Å²) >= 11 is 1.03. The topological polar surface area (TPSA) is 93.1 Å². The van der Waals surface area contributed by atoms with E-state index in [0.717, 1.165) is 22.7 Å². The first-order chi connectivity index (χ1) is 13.5. The van der Waals surface area contributed by atoms with Crippen molar-refractivity contribution in [3.63, 3.8) is 0 Å². The van der Waals surface area contributed by atoms with Gasteiger partial charge in [0.25, 0.3) is 17.7 Å². The maximum atomic E-state index is 12.7. The highest BCUT2D eigenvalue weighted by molar-refractivity contribution is 8.19. The Morgan fingerprint density at radius 3 is 2.36 bits per heavy atom. The van der Waals surface area contributed by atoms with Crippen molar-refractivity contribution in [2.45, 2.75) is 0 Å². The second-order valence-corrected chi connectivity index (χ2v) is 6.93. The van der Waals surface area contributed by atoms with Crippen molar-refractivity contribution in [1.29, 1.82) is 0 Å². The zero-order chi connectivity index (χ0) is 19.8. The molecule has 8 heteroatoms. The molecule has 0 bridgehead atoms. The number of amides is 3. The lowest BCUT2D eigenvalue weighted by Gasteiger charge is -2.14. The van der Waals surface area contributed by atoms with Gasteiger partial charge in [-0.2, -0.15) is 0 Å². The zero-order valence-corrected chi connectivity index (χ0v) is 15.4. The van der Waals surface area contributed by atoms with E-state index in [1.54, 1.807) is 48.5 Å². The summed E-state index contributed by atoms with van der Waals surface area (Å²) in [5.41, 5.74) is 1.64. The van der Waals surface area contributed by atoms with Gasteiger partial charge < -0.3 is 4.74 Å². The van der Waals surface area contributed by atoms with Crippen LogP contribution < -0.4 is 4.90 Å². The summed E-state index contributed by atoms with van der Waals surface area (Å²) in [6, 6.07) is 13.3. The number of carbonyl (C=O) groups is 4. The standard InChI is InChI=1S/C20H12N2O5S/c1-27-16(23)10-15-17(24)21-18(28-15)11-5-4-6-12(9-11)22-19(25)13-7-2-3-8-14(13)20(22)26/h2-10H,1H3/b15-10-. The van der Waals surface area contributed by atoms with Crippen molar-refractivity contribution in [3.05, 3.63) is 76.2 Å². The molecule has 2 heterocycles. The van der Waals surface area contributed by atoms with E-state index < -0.39 is 23.7 Å². The van der Waals surface area contributed by atoms with Gasteiger partial charge in [0.1, 0.15) is 5.04 Å². The molecule has 0 N–H and O–H groups in total. The summed E-state index contributed by atoms with van der Waals surface area (Å²) in [4.78, 5) is 53.9. The number of carbonyl (C=O) groups excluding carboxylic acids is 4. The predicted octanol–water partition coefficient (Wildman–Crippen LogP) is 2.56. The van der Waals surface area contributed by atoms with E-state index in [-0.39, 0.29) is 4.91 Å². The summed E-state index contributed by atoms with van der Waals surface area (Å²) in [5.74, 6) is -1.99. The van der Waals surface area contributed by atoms with Crippen molar-refractivity contribution in [1.82, 2.24) is 0 Å². The molecule has 0 fully saturated rings. The van der Waals surface area contributed by atoms with Gasteiger partial charge in [0.15, 0.2) is 0 Å².